The topological polar surface area (TPSA) is 61.0 Å². The van der Waals surface area contributed by atoms with Gasteiger partial charge in [0.15, 0.2) is 0 Å². The van der Waals surface area contributed by atoms with Gasteiger partial charge in [0.25, 0.3) is 0 Å². The van der Waals surface area contributed by atoms with Crippen molar-refractivity contribution in [1.29, 1.82) is 0 Å². The molecule has 0 saturated heterocycles. The van der Waals surface area contributed by atoms with Gasteiger partial charge in [-0.05, 0) is 0 Å². The van der Waals surface area contributed by atoms with E-state index in [2.05, 4.69) is 0 Å². The molecule has 2 nitrogen and oxygen atoms in total. The zero-order valence-corrected chi connectivity index (χ0v) is 6.65. The van der Waals surface area contributed by atoms with Crippen LogP contribution in [0, 0.1) is 0 Å². The number of hydrogen-bond donors (Lipinski definition) is 0. The van der Waals surface area contributed by atoms with Crippen LogP contribution in [-0.4, -0.2) is 0 Å². The molecule has 0 saturated carbocycles. The van der Waals surface area contributed by atoms with E-state index < -0.39 is 0 Å². The smallest absolute Gasteiger partial charge is 3.00 e. The van der Waals surface area contributed by atoms with Crippen molar-refractivity contribution in [3.05, 3.63) is 12.3 Å². The Bertz CT molecular complexity index is 6.00. The van der Waals surface area contributed by atoms with Crippen molar-refractivity contribution in [2.45, 2.75) is 0 Å². The molecule has 4 heavy (non-hydrogen) atoms. The molecule has 22 valence electrons. The van der Waals surface area contributed by atoms with E-state index in [1.54, 1.807) is 0 Å². The van der Waals surface area contributed by atoms with Gasteiger partial charge in [0, 0.05) is 21.1 Å². The van der Waals surface area contributed by atoms with Crippen LogP contribution >= 0.6 is 0 Å². The Morgan fingerprint density at radius 2 is 0.750 bits per heavy atom. The van der Waals surface area contributed by atoms with E-state index in [0.717, 1.165) is 0 Å². The van der Waals surface area contributed by atoms with Crippen LogP contribution in [-0.2, 0) is 42.1 Å². The summed E-state index contributed by atoms with van der Waals surface area (Å²) in [5.41, 5.74) is 0. The maximum absolute atomic E-state index is 0. The predicted octanol–water partition coefficient (Wildman–Crippen LogP) is 0.572. The molecular weight excluding hydrogens is 308 g/mol. The van der Waals surface area contributed by atoms with Crippen molar-refractivity contribution < 1.29 is 42.1 Å². The minimum Gasteiger partial charge on any atom is -3.00 e. The Morgan fingerprint density at radius 1 is 0.750 bits per heavy atom. The van der Waals surface area contributed by atoms with Crippen molar-refractivity contribution >= 4 is 0 Å². The van der Waals surface area contributed by atoms with Gasteiger partial charge >= 0.3 is 21.1 Å². The first-order valence-corrected chi connectivity index (χ1v) is 0. The van der Waals surface area contributed by atoms with Crippen molar-refractivity contribution in [3.8, 4) is 0 Å². The van der Waals surface area contributed by atoms with E-state index in [1.807, 2.05) is 0 Å². The van der Waals surface area contributed by atoms with Gasteiger partial charge in [-0.25, -0.2) is 0 Å². The number of hydrogen-bond acceptors (Lipinski definition) is 0. The Hall–Kier alpha value is 1.30. The molecule has 0 radical (unpaired) electrons. The Kier molecular flexibility index (Phi) is 404. The van der Waals surface area contributed by atoms with Gasteiger partial charge in [-0.15, -0.1) is 0 Å². The molecule has 0 rings (SSSR count). The largest absolute Gasteiger partial charge is 6.00 e. The Balaban J connectivity index is 0. The van der Waals surface area contributed by atoms with Gasteiger partial charge < -0.3 is 12.3 Å². The molecule has 0 aromatic rings. The molecule has 0 spiro atoms. The van der Waals surface area contributed by atoms with Crippen molar-refractivity contribution in [2.24, 2.45) is 0 Å². The zero-order chi connectivity index (χ0) is 0. The third-order valence-corrected chi connectivity index (χ3v) is 0. The Labute approximate surface area is 54.4 Å². The zero-order valence-electron chi connectivity index (χ0n) is 1.71. The number of rotatable bonds is 0. The van der Waals surface area contributed by atoms with Gasteiger partial charge in [0.1, 0.15) is 0 Å². The van der Waals surface area contributed by atoms with Crippen LogP contribution in [0.2, 0.25) is 0 Å². The van der Waals surface area contributed by atoms with E-state index in [4.69, 9.17) is 0 Å². The number of nitrogens with zero attached hydrogens (tertiary/aromatic N) is 2. The van der Waals surface area contributed by atoms with Gasteiger partial charge in [-0.1, -0.05) is 0 Å². The first kappa shape index (κ1) is 58.2. The Morgan fingerprint density at radius 3 is 0.750 bits per heavy atom. The van der Waals surface area contributed by atoms with E-state index in [9.17, 15) is 0 Å². The summed E-state index contributed by atoms with van der Waals surface area (Å²) in [6.07, 6.45) is 0. The molecule has 0 aliphatic carbocycles. The van der Waals surface area contributed by atoms with E-state index in [-0.39, 0.29) is 54.4 Å². The molecule has 0 heterocycles. The molecule has 0 unspecified atom stereocenters. The van der Waals surface area contributed by atoms with E-state index >= 15 is 0 Å². The van der Waals surface area contributed by atoms with Gasteiger partial charge in [0.2, 0.25) is 0 Å². The monoisotopic (exact) mass is 310 g/mol. The van der Waals surface area contributed by atoms with Crippen LogP contribution in [0.1, 0.15) is 0 Å². The average Bonchev–Trinajstić information content (AvgIpc) is 0. The normalized spacial score (nSPS) is 0. The standard InChI is InChI=1S/Mo.2N.W/q+6;2*-3;. The second-order valence-corrected chi connectivity index (χ2v) is 0. The first-order chi connectivity index (χ1) is 0. The molecule has 0 atom stereocenters. The van der Waals surface area contributed by atoms with Crippen molar-refractivity contribution in [2.75, 3.05) is 0 Å². The third kappa shape index (κ3) is 10.3. The maximum Gasteiger partial charge on any atom is 6.00 e. The minimum atomic E-state index is 0. The molecule has 4 heteroatoms. The van der Waals surface area contributed by atoms with Gasteiger partial charge in [0.05, 0.1) is 0 Å². The van der Waals surface area contributed by atoms with Crippen LogP contribution in [0.4, 0.5) is 0 Å². The van der Waals surface area contributed by atoms with Gasteiger partial charge in [-0.3, -0.25) is 0 Å². The summed E-state index contributed by atoms with van der Waals surface area (Å²) in [6, 6.07) is 0. The third-order valence-electron chi connectivity index (χ3n) is 0. The molecule has 0 N–H and O–H groups in total. The maximum atomic E-state index is 0. The second kappa shape index (κ2) is 27.8. The fourth-order valence-electron chi connectivity index (χ4n) is 0. The fourth-order valence-corrected chi connectivity index (χ4v) is 0. The quantitative estimate of drug-likeness (QED) is 0.588. The van der Waals surface area contributed by atoms with Crippen molar-refractivity contribution in [1.82, 2.24) is 0 Å². The summed E-state index contributed by atoms with van der Waals surface area (Å²) in [7, 11) is 0. The molecule has 0 aliphatic heterocycles. The molecular formula is MoN2W. The average molecular weight is 308 g/mol. The second-order valence-electron chi connectivity index (χ2n) is 0. The van der Waals surface area contributed by atoms with Crippen LogP contribution in [0.3, 0.4) is 0 Å². The molecule has 0 aromatic carbocycles. The summed E-state index contributed by atoms with van der Waals surface area (Å²) in [5.74, 6) is 0. The fraction of sp³-hybridized carbons (Fsp3) is 0. The van der Waals surface area contributed by atoms with Crippen LogP contribution < -0.4 is 0 Å². The van der Waals surface area contributed by atoms with E-state index in [1.165, 1.54) is 0 Å². The summed E-state index contributed by atoms with van der Waals surface area (Å²) < 4.78 is 0. The molecule has 0 bridgehead atoms. The summed E-state index contributed by atoms with van der Waals surface area (Å²) in [6.45, 7) is 0. The summed E-state index contributed by atoms with van der Waals surface area (Å²) in [4.78, 5) is 0. The van der Waals surface area contributed by atoms with Gasteiger partial charge in [-0.2, -0.15) is 0 Å². The molecule has 0 aliphatic rings. The molecule has 0 aromatic heterocycles. The SMILES string of the molecule is [Mo+6].[N-3].[N-3].[W]. The molecule has 0 amide bonds. The predicted molar refractivity (Wildman–Crippen MR) is 6.72 cm³/mol. The van der Waals surface area contributed by atoms with Crippen LogP contribution in [0.25, 0.3) is 12.3 Å². The molecule has 0 fully saturated rings. The van der Waals surface area contributed by atoms with Crippen LogP contribution in [0.15, 0.2) is 0 Å². The summed E-state index contributed by atoms with van der Waals surface area (Å²) >= 11 is 0. The van der Waals surface area contributed by atoms with Crippen molar-refractivity contribution in [3.63, 3.8) is 0 Å². The minimum absolute atomic E-state index is 0. The van der Waals surface area contributed by atoms with Crippen LogP contribution in [0.5, 0.6) is 0 Å². The first-order valence-electron chi connectivity index (χ1n) is 0. The van der Waals surface area contributed by atoms with E-state index in [0.29, 0.717) is 0 Å². The summed E-state index contributed by atoms with van der Waals surface area (Å²) in [5, 5.41) is 0.